The molecule has 0 saturated carbocycles. The highest BCUT2D eigenvalue weighted by atomic mass is 16.1. The van der Waals surface area contributed by atoms with Crippen molar-refractivity contribution in [3.8, 4) is 0 Å². The molecule has 100 valence electrons. The number of aromatic nitrogens is 1. The molecule has 1 aromatic rings. The van der Waals surface area contributed by atoms with Crippen LogP contribution in [0.15, 0.2) is 12.3 Å². The van der Waals surface area contributed by atoms with E-state index in [-0.39, 0.29) is 17.4 Å². The highest BCUT2D eigenvalue weighted by Crippen LogP contribution is 2.41. The summed E-state index contributed by atoms with van der Waals surface area (Å²) in [6.07, 6.45) is 3.84. The number of carbonyl (C=O) groups excluding carboxylic acids is 1. The van der Waals surface area contributed by atoms with Crippen LogP contribution in [0.5, 0.6) is 0 Å². The van der Waals surface area contributed by atoms with Crippen LogP contribution in [-0.4, -0.2) is 10.5 Å². The maximum Gasteiger partial charge on any atom is 0.243 e. The van der Waals surface area contributed by atoms with Gasteiger partial charge in [-0.15, -0.1) is 0 Å². The molecule has 0 aliphatic heterocycles. The van der Waals surface area contributed by atoms with Gasteiger partial charge in [0, 0.05) is 17.9 Å². The first kappa shape index (κ1) is 13.1. The van der Waals surface area contributed by atoms with Gasteiger partial charge in [0.25, 0.3) is 0 Å². The Kier molecular flexibility index (Phi) is 2.81. The highest BCUT2D eigenvalue weighted by Gasteiger charge is 2.36. The van der Waals surface area contributed by atoms with Gasteiger partial charge in [-0.3, -0.25) is 4.79 Å². The zero-order chi connectivity index (χ0) is 13.7. The van der Waals surface area contributed by atoms with Crippen molar-refractivity contribution in [1.29, 1.82) is 0 Å². The number of fused-ring (bicyclic) bond motifs is 1. The van der Waals surface area contributed by atoms with E-state index in [2.05, 4.69) is 13.8 Å². The molecule has 2 rings (SSSR count). The molecule has 1 aliphatic carbocycles. The zero-order valence-corrected chi connectivity index (χ0v) is 11.7. The molecule has 1 heterocycles. The Bertz CT molecular complexity index is 485. The number of hydrogen-bond donors (Lipinski definition) is 2. The van der Waals surface area contributed by atoms with E-state index in [0.29, 0.717) is 0 Å². The Hall–Kier alpha value is -1.29. The van der Waals surface area contributed by atoms with Crippen LogP contribution < -0.4 is 11.5 Å². The van der Waals surface area contributed by atoms with Gasteiger partial charge in [0.1, 0.15) is 5.54 Å². The van der Waals surface area contributed by atoms with E-state index >= 15 is 0 Å². The zero-order valence-electron chi connectivity index (χ0n) is 11.7. The summed E-state index contributed by atoms with van der Waals surface area (Å²) in [5, 5.41) is 0. The van der Waals surface area contributed by atoms with Crippen LogP contribution in [0.2, 0.25) is 0 Å². The molecule has 0 radical (unpaired) electrons. The highest BCUT2D eigenvalue weighted by molar-refractivity contribution is 5.82. The van der Waals surface area contributed by atoms with Crippen LogP contribution >= 0.6 is 0 Å². The number of rotatable bonds is 2. The molecule has 0 aromatic carbocycles. The van der Waals surface area contributed by atoms with E-state index in [9.17, 15) is 4.79 Å². The summed E-state index contributed by atoms with van der Waals surface area (Å²) < 4.78 is 1.99. The van der Waals surface area contributed by atoms with Gasteiger partial charge in [0.05, 0.1) is 0 Å². The van der Waals surface area contributed by atoms with E-state index in [4.69, 9.17) is 11.5 Å². The van der Waals surface area contributed by atoms with Crippen LogP contribution in [0.4, 0.5) is 0 Å². The lowest BCUT2D eigenvalue weighted by molar-refractivity contribution is -0.125. The van der Waals surface area contributed by atoms with Crippen LogP contribution in [0.25, 0.3) is 0 Å². The third kappa shape index (κ3) is 1.94. The van der Waals surface area contributed by atoms with Crippen molar-refractivity contribution in [1.82, 2.24) is 4.57 Å². The first-order valence-electron chi connectivity index (χ1n) is 6.41. The van der Waals surface area contributed by atoms with Gasteiger partial charge in [-0.1, -0.05) is 13.8 Å². The quantitative estimate of drug-likeness (QED) is 0.837. The molecule has 0 spiro atoms. The number of nitrogens with zero attached hydrogens (tertiary/aromatic N) is 1. The third-order valence-corrected chi connectivity index (χ3v) is 4.05. The van der Waals surface area contributed by atoms with Crippen molar-refractivity contribution in [2.45, 2.75) is 52.1 Å². The average Bonchev–Trinajstić information content (AvgIpc) is 2.59. The maximum atomic E-state index is 11.6. The topological polar surface area (TPSA) is 74.0 Å². The Morgan fingerprint density at radius 2 is 2.11 bits per heavy atom. The second-order valence-electron chi connectivity index (χ2n) is 6.66. The molecule has 1 aromatic heterocycles. The fourth-order valence-corrected chi connectivity index (χ4v) is 2.88. The van der Waals surface area contributed by atoms with Crippen molar-refractivity contribution in [3.63, 3.8) is 0 Å². The van der Waals surface area contributed by atoms with Crippen molar-refractivity contribution in [2.24, 2.45) is 16.9 Å². The maximum absolute atomic E-state index is 11.6. The van der Waals surface area contributed by atoms with Crippen LogP contribution in [0, 0.1) is 5.41 Å². The normalized spacial score (nSPS) is 22.6. The molecule has 1 aliphatic rings. The molecule has 4 heteroatoms. The van der Waals surface area contributed by atoms with Crippen molar-refractivity contribution >= 4 is 5.91 Å². The Morgan fingerprint density at radius 3 is 2.67 bits per heavy atom. The van der Waals surface area contributed by atoms with E-state index in [0.717, 1.165) is 24.1 Å². The summed E-state index contributed by atoms with van der Waals surface area (Å²) in [6, 6.07) is 2.08. The molecule has 1 unspecified atom stereocenters. The minimum atomic E-state index is -0.708. The summed E-state index contributed by atoms with van der Waals surface area (Å²) in [6.45, 7) is 8.13. The van der Waals surface area contributed by atoms with Crippen LogP contribution in [0.1, 0.15) is 51.4 Å². The van der Waals surface area contributed by atoms with Gasteiger partial charge in [-0.2, -0.15) is 0 Å². The third-order valence-electron chi connectivity index (χ3n) is 4.05. The Morgan fingerprint density at radius 1 is 1.50 bits per heavy atom. The fraction of sp³-hybridized carbons (Fsp3) is 0.643. The number of nitrogens with two attached hydrogens (primary N) is 2. The van der Waals surface area contributed by atoms with E-state index in [1.807, 2.05) is 30.7 Å². The molecule has 1 amide bonds. The molecular formula is C14H23N3O. The minimum Gasteiger partial charge on any atom is -0.368 e. The summed E-state index contributed by atoms with van der Waals surface area (Å²) in [5.74, 6) is -0.321. The largest absolute Gasteiger partial charge is 0.368 e. The number of carbonyl (C=O) groups is 1. The monoisotopic (exact) mass is 249 g/mol. The van der Waals surface area contributed by atoms with Crippen molar-refractivity contribution < 1.29 is 4.79 Å². The molecule has 4 nitrogen and oxygen atoms in total. The van der Waals surface area contributed by atoms with Gasteiger partial charge in [-0.05, 0) is 43.7 Å². The summed E-state index contributed by atoms with van der Waals surface area (Å²) in [5.41, 5.74) is 13.5. The lowest BCUT2D eigenvalue weighted by Crippen LogP contribution is -2.43. The fourth-order valence-electron chi connectivity index (χ4n) is 2.88. The number of hydrogen-bond acceptors (Lipinski definition) is 2. The molecule has 0 fully saturated rings. The van der Waals surface area contributed by atoms with Gasteiger partial charge >= 0.3 is 0 Å². The van der Waals surface area contributed by atoms with E-state index in [1.54, 1.807) is 0 Å². The predicted octanol–water partition coefficient (Wildman–Crippen LogP) is 1.68. The second kappa shape index (κ2) is 3.85. The Labute approximate surface area is 108 Å². The smallest absolute Gasteiger partial charge is 0.243 e. The summed E-state index contributed by atoms with van der Waals surface area (Å²) in [7, 11) is 0. The first-order chi connectivity index (χ1) is 8.15. The predicted molar refractivity (Wildman–Crippen MR) is 72.0 cm³/mol. The van der Waals surface area contributed by atoms with Gasteiger partial charge in [-0.25, -0.2) is 0 Å². The second-order valence-corrected chi connectivity index (χ2v) is 6.66. The lowest BCUT2D eigenvalue weighted by atomic mass is 9.74. The SMILES string of the molecule is CC1(C)Cc2c(ccn2C(C)(C)C(N)=O)C(N)C1. The van der Waals surface area contributed by atoms with E-state index < -0.39 is 5.54 Å². The first-order valence-corrected chi connectivity index (χ1v) is 6.41. The summed E-state index contributed by atoms with van der Waals surface area (Å²) in [4.78, 5) is 11.6. The summed E-state index contributed by atoms with van der Waals surface area (Å²) >= 11 is 0. The van der Waals surface area contributed by atoms with Crippen LogP contribution in [0.3, 0.4) is 0 Å². The molecule has 4 N–H and O–H groups in total. The minimum absolute atomic E-state index is 0.0497. The Balaban J connectivity index is 2.52. The van der Waals surface area contributed by atoms with Crippen LogP contribution in [-0.2, 0) is 16.8 Å². The van der Waals surface area contributed by atoms with Gasteiger partial charge < -0.3 is 16.0 Å². The molecule has 1 atom stereocenters. The van der Waals surface area contributed by atoms with Gasteiger partial charge in [0.15, 0.2) is 0 Å². The molecular weight excluding hydrogens is 226 g/mol. The van der Waals surface area contributed by atoms with Crippen molar-refractivity contribution in [2.75, 3.05) is 0 Å². The average molecular weight is 249 g/mol. The molecule has 0 bridgehead atoms. The number of primary amides is 1. The van der Waals surface area contributed by atoms with Crippen molar-refractivity contribution in [3.05, 3.63) is 23.5 Å². The standard InChI is InChI=1S/C14H23N3O/c1-13(2)7-10(15)9-5-6-17(11(9)8-13)14(3,4)12(16)18/h5-6,10H,7-8,15H2,1-4H3,(H2,16,18). The molecule has 0 saturated heterocycles. The van der Waals surface area contributed by atoms with E-state index in [1.165, 1.54) is 0 Å². The number of amides is 1. The molecule has 18 heavy (non-hydrogen) atoms. The van der Waals surface area contributed by atoms with Gasteiger partial charge in [0.2, 0.25) is 5.91 Å². The lowest BCUT2D eigenvalue weighted by Gasteiger charge is -2.36.